The Morgan fingerprint density at radius 1 is 1.48 bits per heavy atom. The second-order valence-corrected chi connectivity index (χ2v) is 6.92. The topological polar surface area (TPSA) is 50.5 Å². The van der Waals surface area contributed by atoms with Crippen LogP contribution in [0.2, 0.25) is 5.02 Å². The number of carbonyl (C=O) groups excluding carboxylic acids is 1. The predicted molar refractivity (Wildman–Crippen MR) is 85.2 cm³/mol. The molecule has 1 aliphatic rings. The van der Waals surface area contributed by atoms with E-state index < -0.39 is 0 Å². The standard InChI is InChI=1S/C14H17ClN4OS/c1-9-7-16-13-11(15)12(17-19(13)8-9)14(20)18(2)10-3-5-21-6-4-10/h7-8,10H,3-6H2,1-2H3. The van der Waals surface area contributed by atoms with E-state index in [4.69, 9.17) is 11.6 Å². The highest BCUT2D eigenvalue weighted by atomic mass is 35.5. The normalized spacial score (nSPS) is 16.3. The van der Waals surface area contributed by atoms with Gasteiger partial charge in [0, 0.05) is 25.5 Å². The van der Waals surface area contributed by atoms with E-state index in [1.165, 1.54) is 0 Å². The van der Waals surface area contributed by atoms with Gasteiger partial charge < -0.3 is 4.90 Å². The van der Waals surface area contributed by atoms with Gasteiger partial charge >= 0.3 is 0 Å². The van der Waals surface area contributed by atoms with Gasteiger partial charge in [-0.2, -0.15) is 16.9 Å². The van der Waals surface area contributed by atoms with Crippen LogP contribution >= 0.6 is 23.4 Å². The number of amides is 1. The van der Waals surface area contributed by atoms with Gasteiger partial charge in [-0.25, -0.2) is 9.50 Å². The fourth-order valence-corrected chi connectivity index (χ4v) is 3.88. The van der Waals surface area contributed by atoms with E-state index in [0.717, 1.165) is 29.9 Å². The quantitative estimate of drug-likeness (QED) is 0.852. The summed E-state index contributed by atoms with van der Waals surface area (Å²) < 4.78 is 1.58. The Kier molecular flexibility index (Phi) is 4.08. The fraction of sp³-hybridized carbons (Fsp3) is 0.500. The molecule has 0 radical (unpaired) electrons. The zero-order valence-electron chi connectivity index (χ0n) is 12.0. The minimum atomic E-state index is -0.125. The maximum atomic E-state index is 12.7. The van der Waals surface area contributed by atoms with Crippen molar-refractivity contribution in [3.63, 3.8) is 0 Å². The number of thioether (sulfide) groups is 1. The Morgan fingerprint density at radius 3 is 2.90 bits per heavy atom. The van der Waals surface area contributed by atoms with Crippen LogP contribution in [0.5, 0.6) is 0 Å². The average molecular weight is 325 g/mol. The van der Waals surface area contributed by atoms with Gasteiger partial charge in [0.1, 0.15) is 5.02 Å². The summed E-state index contributed by atoms with van der Waals surface area (Å²) in [5.41, 5.74) is 1.78. The summed E-state index contributed by atoms with van der Waals surface area (Å²) in [5, 5.41) is 4.65. The summed E-state index contributed by atoms with van der Waals surface area (Å²) in [5.74, 6) is 2.07. The van der Waals surface area contributed by atoms with Crippen LogP contribution in [0, 0.1) is 6.92 Å². The highest BCUT2D eigenvalue weighted by molar-refractivity contribution is 7.99. The van der Waals surface area contributed by atoms with Crippen molar-refractivity contribution in [3.05, 3.63) is 28.7 Å². The Bertz CT molecular complexity index is 681. The van der Waals surface area contributed by atoms with Crippen molar-refractivity contribution in [3.8, 4) is 0 Å². The number of fused-ring (bicyclic) bond motifs is 1. The van der Waals surface area contributed by atoms with Crippen LogP contribution in [0.3, 0.4) is 0 Å². The third-order valence-corrected chi connectivity index (χ3v) is 5.20. The summed E-state index contributed by atoms with van der Waals surface area (Å²) in [6.07, 6.45) is 5.59. The van der Waals surface area contributed by atoms with E-state index in [-0.39, 0.29) is 17.6 Å². The smallest absolute Gasteiger partial charge is 0.276 e. The van der Waals surface area contributed by atoms with Gasteiger partial charge in [0.15, 0.2) is 11.3 Å². The molecule has 3 heterocycles. The molecule has 0 bridgehead atoms. The van der Waals surface area contributed by atoms with E-state index in [2.05, 4.69) is 10.1 Å². The molecule has 5 nitrogen and oxygen atoms in total. The number of halogens is 1. The molecule has 0 aliphatic carbocycles. The highest BCUT2D eigenvalue weighted by Gasteiger charge is 2.27. The summed E-state index contributed by atoms with van der Waals surface area (Å²) in [6.45, 7) is 1.93. The van der Waals surface area contributed by atoms with Crippen molar-refractivity contribution in [1.29, 1.82) is 0 Å². The molecule has 21 heavy (non-hydrogen) atoms. The molecule has 3 rings (SSSR count). The van der Waals surface area contributed by atoms with E-state index in [1.807, 2.05) is 31.9 Å². The van der Waals surface area contributed by atoms with E-state index in [0.29, 0.717) is 10.7 Å². The van der Waals surface area contributed by atoms with Gasteiger partial charge in [0.25, 0.3) is 5.91 Å². The van der Waals surface area contributed by atoms with Crippen LogP contribution in [0.15, 0.2) is 12.4 Å². The zero-order valence-corrected chi connectivity index (χ0v) is 13.6. The molecule has 1 aliphatic heterocycles. The molecule has 0 spiro atoms. The molecule has 0 atom stereocenters. The number of hydrogen-bond acceptors (Lipinski definition) is 4. The first kappa shape index (κ1) is 14.7. The predicted octanol–water partition coefficient (Wildman–Crippen LogP) is 2.66. The third-order valence-electron chi connectivity index (χ3n) is 3.81. The molecule has 0 saturated carbocycles. The van der Waals surface area contributed by atoms with Crippen LogP contribution in [-0.4, -0.2) is 50.0 Å². The molecule has 112 valence electrons. The largest absolute Gasteiger partial charge is 0.337 e. The number of aryl methyl sites for hydroxylation is 1. The minimum Gasteiger partial charge on any atom is -0.337 e. The van der Waals surface area contributed by atoms with Gasteiger partial charge in [-0.05, 0) is 36.8 Å². The molecule has 0 aromatic carbocycles. The Balaban J connectivity index is 1.91. The van der Waals surface area contributed by atoms with Crippen molar-refractivity contribution in [2.75, 3.05) is 18.6 Å². The lowest BCUT2D eigenvalue weighted by molar-refractivity contribution is 0.0717. The van der Waals surface area contributed by atoms with Crippen molar-refractivity contribution in [1.82, 2.24) is 19.5 Å². The summed E-state index contributed by atoms with van der Waals surface area (Å²) in [4.78, 5) is 18.7. The van der Waals surface area contributed by atoms with Gasteiger partial charge in [-0.15, -0.1) is 0 Å². The summed E-state index contributed by atoms with van der Waals surface area (Å²) in [7, 11) is 1.84. The Morgan fingerprint density at radius 2 is 2.19 bits per heavy atom. The molecule has 1 amide bonds. The number of carbonyl (C=O) groups is 1. The first-order chi connectivity index (χ1) is 10.1. The van der Waals surface area contributed by atoms with Gasteiger partial charge in [-0.3, -0.25) is 4.79 Å². The first-order valence-electron chi connectivity index (χ1n) is 6.93. The molecule has 2 aromatic heterocycles. The SMILES string of the molecule is Cc1cnc2c(Cl)c(C(=O)N(C)C3CCSCC3)nn2c1. The van der Waals surface area contributed by atoms with Crippen molar-refractivity contribution >= 4 is 34.9 Å². The second kappa shape index (κ2) is 5.85. The van der Waals surface area contributed by atoms with Gasteiger partial charge in [-0.1, -0.05) is 11.6 Å². The third kappa shape index (κ3) is 2.74. The van der Waals surface area contributed by atoms with E-state index in [9.17, 15) is 4.79 Å². The lowest BCUT2D eigenvalue weighted by atomic mass is 10.1. The number of nitrogens with zero attached hydrogens (tertiary/aromatic N) is 4. The van der Waals surface area contributed by atoms with Crippen LogP contribution in [0.1, 0.15) is 28.9 Å². The molecule has 7 heteroatoms. The molecule has 0 unspecified atom stereocenters. The fourth-order valence-electron chi connectivity index (χ4n) is 2.54. The maximum Gasteiger partial charge on any atom is 0.276 e. The molecule has 1 fully saturated rings. The van der Waals surface area contributed by atoms with Gasteiger partial charge in [0.05, 0.1) is 0 Å². The Hall–Kier alpha value is -1.27. The maximum absolute atomic E-state index is 12.7. The number of rotatable bonds is 2. The lowest BCUT2D eigenvalue weighted by Gasteiger charge is -2.30. The van der Waals surface area contributed by atoms with Crippen LogP contribution in [-0.2, 0) is 0 Å². The second-order valence-electron chi connectivity index (χ2n) is 5.32. The van der Waals surface area contributed by atoms with Crippen molar-refractivity contribution < 1.29 is 4.79 Å². The molecular weight excluding hydrogens is 308 g/mol. The molecule has 1 saturated heterocycles. The highest BCUT2D eigenvalue weighted by Crippen LogP contribution is 2.25. The monoisotopic (exact) mass is 324 g/mol. The zero-order chi connectivity index (χ0) is 15.0. The van der Waals surface area contributed by atoms with Crippen LogP contribution in [0.25, 0.3) is 5.65 Å². The molecule has 2 aromatic rings. The first-order valence-corrected chi connectivity index (χ1v) is 8.46. The van der Waals surface area contributed by atoms with Crippen molar-refractivity contribution in [2.24, 2.45) is 0 Å². The van der Waals surface area contributed by atoms with Crippen molar-refractivity contribution in [2.45, 2.75) is 25.8 Å². The van der Waals surface area contributed by atoms with E-state index in [1.54, 1.807) is 15.6 Å². The molecular formula is C14H17ClN4OS. The Labute approximate surface area is 132 Å². The van der Waals surface area contributed by atoms with E-state index >= 15 is 0 Å². The average Bonchev–Trinajstić information content (AvgIpc) is 2.83. The van der Waals surface area contributed by atoms with Crippen LogP contribution in [0.4, 0.5) is 0 Å². The van der Waals surface area contributed by atoms with Crippen LogP contribution < -0.4 is 0 Å². The minimum absolute atomic E-state index is 0.125. The lowest BCUT2D eigenvalue weighted by Crippen LogP contribution is -2.39. The summed E-state index contributed by atoms with van der Waals surface area (Å²) in [6, 6.07) is 0.273. The number of aromatic nitrogens is 3. The number of hydrogen-bond donors (Lipinski definition) is 0. The summed E-state index contributed by atoms with van der Waals surface area (Å²) >= 11 is 8.23. The molecule has 0 N–H and O–H groups in total. The van der Waals surface area contributed by atoms with Gasteiger partial charge in [0.2, 0.25) is 0 Å².